The SMILES string of the molecule is CC1C=C(c2ccccc2)NC(=NC(C)(C)C)C1c1ccccc1. The molecule has 2 unspecified atom stereocenters. The van der Waals surface area contributed by atoms with E-state index in [2.05, 4.69) is 93.7 Å². The Bertz CT molecular complexity index is 737. The first-order valence-corrected chi connectivity index (χ1v) is 8.63. The zero-order valence-electron chi connectivity index (χ0n) is 15.0. The summed E-state index contributed by atoms with van der Waals surface area (Å²) in [6, 6.07) is 21.2. The molecule has 0 aliphatic carbocycles. The van der Waals surface area contributed by atoms with Crippen molar-refractivity contribution in [2.45, 2.75) is 39.2 Å². The van der Waals surface area contributed by atoms with Crippen molar-refractivity contribution < 1.29 is 0 Å². The molecule has 1 heterocycles. The summed E-state index contributed by atoms with van der Waals surface area (Å²) in [5.74, 6) is 1.70. The van der Waals surface area contributed by atoms with Gasteiger partial charge in [-0.2, -0.15) is 0 Å². The van der Waals surface area contributed by atoms with Gasteiger partial charge in [0.25, 0.3) is 0 Å². The van der Waals surface area contributed by atoms with Crippen molar-refractivity contribution in [3.63, 3.8) is 0 Å². The fraction of sp³-hybridized carbons (Fsp3) is 0.318. The van der Waals surface area contributed by atoms with Gasteiger partial charge in [-0.1, -0.05) is 73.7 Å². The number of nitrogens with zero attached hydrogens (tertiary/aromatic N) is 1. The fourth-order valence-corrected chi connectivity index (χ4v) is 3.23. The number of aliphatic imine (C=N–C) groups is 1. The minimum Gasteiger partial charge on any atom is -0.343 e. The molecule has 0 saturated carbocycles. The second-order valence-electron chi connectivity index (χ2n) is 7.49. The quantitative estimate of drug-likeness (QED) is 0.803. The summed E-state index contributed by atoms with van der Waals surface area (Å²) in [7, 11) is 0. The maximum atomic E-state index is 5.02. The summed E-state index contributed by atoms with van der Waals surface area (Å²) in [5, 5.41) is 3.62. The Morgan fingerprint density at radius 1 is 0.875 bits per heavy atom. The number of hydrogen-bond donors (Lipinski definition) is 1. The van der Waals surface area contributed by atoms with Crippen LogP contribution in [0.4, 0.5) is 0 Å². The first-order chi connectivity index (χ1) is 11.4. The van der Waals surface area contributed by atoms with Crippen molar-refractivity contribution >= 4 is 11.5 Å². The smallest absolute Gasteiger partial charge is 0.109 e. The molecule has 0 fully saturated rings. The first-order valence-electron chi connectivity index (χ1n) is 8.63. The lowest BCUT2D eigenvalue weighted by atomic mass is 9.82. The lowest BCUT2D eigenvalue weighted by molar-refractivity contribution is 0.562. The molecular weight excluding hydrogens is 292 g/mol. The van der Waals surface area contributed by atoms with Gasteiger partial charge in [-0.15, -0.1) is 0 Å². The third kappa shape index (κ3) is 3.76. The summed E-state index contributed by atoms with van der Waals surface area (Å²) in [6.07, 6.45) is 2.33. The average molecular weight is 318 g/mol. The van der Waals surface area contributed by atoms with Gasteiger partial charge in [0, 0.05) is 11.6 Å². The van der Waals surface area contributed by atoms with E-state index in [1.165, 1.54) is 11.1 Å². The summed E-state index contributed by atoms with van der Waals surface area (Å²) in [4.78, 5) is 5.02. The molecule has 0 bridgehead atoms. The molecule has 1 N–H and O–H groups in total. The topological polar surface area (TPSA) is 24.4 Å². The number of amidine groups is 1. The van der Waals surface area contributed by atoms with Crippen molar-refractivity contribution in [3.05, 3.63) is 77.9 Å². The van der Waals surface area contributed by atoms with Crippen LogP contribution in [0, 0.1) is 5.92 Å². The molecule has 2 aromatic rings. The van der Waals surface area contributed by atoms with Gasteiger partial charge in [-0.25, -0.2) is 0 Å². The van der Waals surface area contributed by atoms with E-state index in [4.69, 9.17) is 4.99 Å². The molecule has 2 heteroatoms. The Kier molecular flexibility index (Phi) is 4.57. The summed E-state index contributed by atoms with van der Waals surface area (Å²) in [5.41, 5.74) is 3.55. The van der Waals surface area contributed by atoms with Crippen LogP contribution in [0.1, 0.15) is 44.7 Å². The Morgan fingerprint density at radius 3 is 2.04 bits per heavy atom. The third-order valence-corrected chi connectivity index (χ3v) is 4.21. The van der Waals surface area contributed by atoms with Crippen LogP contribution in [0.2, 0.25) is 0 Å². The van der Waals surface area contributed by atoms with Crippen molar-refractivity contribution in [2.75, 3.05) is 0 Å². The molecule has 1 aliphatic rings. The van der Waals surface area contributed by atoms with Crippen LogP contribution in [0.15, 0.2) is 71.7 Å². The van der Waals surface area contributed by atoms with Gasteiger partial charge in [0.05, 0.1) is 5.54 Å². The molecule has 24 heavy (non-hydrogen) atoms. The van der Waals surface area contributed by atoms with E-state index in [1.54, 1.807) is 0 Å². The Hall–Kier alpha value is -2.35. The van der Waals surface area contributed by atoms with Crippen LogP contribution >= 0.6 is 0 Å². The molecule has 3 rings (SSSR count). The Labute approximate surface area is 145 Å². The lowest BCUT2D eigenvalue weighted by Gasteiger charge is -2.33. The Morgan fingerprint density at radius 2 is 1.46 bits per heavy atom. The zero-order chi connectivity index (χ0) is 17.2. The predicted octanol–water partition coefficient (Wildman–Crippen LogP) is 5.25. The maximum Gasteiger partial charge on any atom is 0.109 e. The number of benzene rings is 2. The standard InChI is InChI=1S/C22H26N2/c1-16-15-19(17-11-7-5-8-12-17)23-21(24-22(2,3)4)20(16)18-13-9-6-10-14-18/h5-16,20H,1-4H3,(H,23,24). The summed E-state index contributed by atoms with van der Waals surface area (Å²) >= 11 is 0. The molecule has 0 aromatic heterocycles. The molecule has 124 valence electrons. The molecule has 0 radical (unpaired) electrons. The van der Waals surface area contributed by atoms with Crippen molar-refractivity contribution in [1.82, 2.24) is 5.32 Å². The minimum absolute atomic E-state index is 0.117. The molecule has 2 atom stereocenters. The molecule has 0 amide bonds. The number of allylic oxidation sites excluding steroid dienone is 1. The number of hydrogen-bond acceptors (Lipinski definition) is 1. The van der Waals surface area contributed by atoms with Crippen LogP contribution in [0.25, 0.3) is 5.70 Å². The van der Waals surface area contributed by atoms with E-state index in [0.29, 0.717) is 5.92 Å². The third-order valence-electron chi connectivity index (χ3n) is 4.21. The van der Waals surface area contributed by atoms with Crippen molar-refractivity contribution in [3.8, 4) is 0 Å². The van der Waals surface area contributed by atoms with Crippen LogP contribution < -0.4 is 5.32 Å². The Balaban J connectivity index is 2.05. The van der Waals surface area contributed by atoms with Gasteiger partial charge in [0.2, 0.25) is 0 Å². The van der Waals surface area contributed by atoms with Gasteiger partial charge >= 0.3 is 0 Å². The molecular formula is C22H26N2. The molecule has 2 aromatic carbocycles. The highest BCUT2D eigenvalue weighted by molar-refractivity contribution is 5.98. The highest BCUT2D eigenvalue weighted by Gasteiger charge is 2.30. The van der Waals surface area contributed by atoms with Crippen LogP contribution in [-0.4, -0.2) is 11.4 Å². The van der Waals surface area contributed by atoms with E-state index in [-0.39, 0.29) is 11.5 Å². The van der Waals surface area contributed by atoms with E-state index < -0.39 is 0 Å². The van der Waals surface area contributed by atoms with Crippen molar-refractivity contribution in [1.29, 1.82) is 0 Å². The first kappa shape index (κ1) is 16.5. The molecule has 1 aliphatic heterocycles. The zero-order valence-corrected chi connectivity index (χ0v) is 15.0. The van der Waals surface area contributed by atoms with E-state index >= 15 is 0 Å². The van der Waals surface area contributed by atoms with Crippen LogP contribution in [-0.2, 0) is 0 Å². The highest BCUT2D eigenvalue weighted by Crippen LogP contribution is 2.34. The van der Waals surface area contributed by atoms with Gasteiger partial charge < -0.3 is 5.32 Å². The largest absolute Gasteiger partial charge is 0.343 e. The normalized spacial score (nSPS) is 22.8. The highest BCUT2D eigenvalue weighted by atomic mass is 15.0. The molecule has 2 nitrogen and oxygen atoms in total. The van der Waals surface area contributed by atoms with E-state index in [0.717, 1.165) is 11.5 Å². The average Bonchev–Trinajstić information content (AvgIpc) is 2.54. The van der Waals surface area contributed by atoms with Gasteiger partial charge in [0.15, 0.2) is 0 Å². The fourth-order valence-electron chi connectivity index (χ4n) is 3.23. The molecule has 0 spiro atoms. The van der Waals surface area contributed by atoms with Gasteiger partial charge in [-0.3, -0.25) is 4.99 Å². The predicted molar refractivity (Wildman–Crippen MR) is 103 cm³/mol. The van der Waals surface area contributed by atoms with Gasteiger partial charge in [-0.05, 0) is 37.8 Å². The number of rotatable bonds is 2. The second-order valence-corrected chi connectivity index (χ2v) is 7.49. The van der Waals surface area contributed by atoms with Crippen LogP contribution in [0.3, 0.4) is 0 Å². The minimum atomic E-state index is -0.117. The number of nitrogens with one attached hydrogen (secondary N) is 1. The lowest BCUT2D eigenvalue weighted by Crippen LogP contribution is -2.38. The van der Waals surface area contributed by atoms with E-state index in [1.807, 2.05) is 6.07 Å². The van der Waals surface area contributed by atoms with Crippen LogP contribution in [0.5, 0.6) is 0 Å². The van der Waals surface area contributed by atoms with E-state index in [9.17, 15) is 0 Å². The summed E-state index contributed by atoms with van der Waals surface area (Å²) < 4.78 is 0. The second kappa shape index (κ2) is 6.64. The molecule has 0 saturated heterocycles. The monoisotopic (exact) mass is 318 g/mol. The van der Waals surface area contributed by atoms with Crippen molar-refractivity contribution in [2.24, 2.45) is 10.9 Å². The maximum absolute atomic E-state index is 5.02. The van der Waals surface area contributed by atoms with Gasteiger partial charge in [0.1, 0.15) is 5.84 Å². The summed E-state index contributed by atoms with van der Waals surface area (Å²) in [6.45, 7) is 8.72.